The topological polar surface area (TPSA) is 92.6 Å². The maximum atomic E-state index is 15.2. The van der Waals surface area contributed by atoms with Crippen molar-refractivity contribution < 1.29 is 28.2 Å². The molecule has 1 fully saturated rings. The van der Waals surface area contributed by atoms with Gasteiger partial charge in [0.05, 0.1) is 5.57 Å². The van der Waals surface area contributed by atoms with E-state index in [1.807, 2.05) is 6.92 Å². The summed E-state index contributed by atoms with van der Waals surface area (Å²) in [5.74, 6) is -2.12. The molecule has 1 saturated heterocycles. The number of aromatic nitrogens is 2. The van der Waals surface area contributed by atoms with Crippen LogP contribution in [0, 0.1) is 11.6 Å². The average molecular weight is 578 g/mol. The van der Waals surface area contributed by atoms with Gasteiger partial charge < -0.3 is 9.84 Å². The summed E-state index contributed by atoms with van der Waals surface area (Å²) in [6, 6.07) is 15.6. The molecule has 7 nitrogen and oxygen atoms in total. The van der Waals surface area contributed by atoms with Crippen LogP contribution in [0.3, 0.4) is 0 Å². The highest BCUT2D eigenvalue weighted by molar-refractivity contribution is 8.00. The van der Waals surface area contributed by atoms with Gasteiger partial charge in [-0.05, 0) is 54.4 Å². The van der Waals surface area contributed by atoms with Crippen molar-refractivity contribution in [3.8, 4) is 5.75 Å². The van der Waals surface area contributed by atoms with E-state index in [0.717, 1.165) is 27.4 Å². The Morgan fingerprint density at radius 2 is 1.88 bits per heavy atom. The number of amides is 1. The molecule has 0 aliphatic carbocycles. The van der Waals surface area contributed by atoms with Crippen molar-refractivity contribution in [1.29, 1.82) is 0 Å². The van der Waals surface area contributed by atoms with Crippen molar-refractivity contribution in [2.45, 2.75) is 35.6 Å². The molecule has 2 aliphatic heterocycles. The number of fused-ring (bicyclic) bond motifs is 1. The van der Waals surface area contributed by atoms with Crippen molar-refractivity contribution in [2.75, 3.05) is 4.90 Å². The van der Waals surface area contributed by atoms with Crippen LogP contribution in [0.1, 0.15) is 35.2 Å². The fraction of sp³-hybridized carbons (Fsp3) is 0.172. The number of carbonyl (C=O) groups is 2. The minimum atomic E-state index is -1.26. The van der Waals surface area contributed by atoms with Gasteiger partial charge in [0.2, 0.25) is 5.13 Å². The fourth-order valence-corrected chi connectivity index (χ4v) is 6.65. The van der Waals surface area contributed by atoms with E-state index in [0.29, 0.717) is 27.8 Å². The number of benzene rings is 3. The highest BCUT2D eigenvalue weighted by Crippen LogP contribution is 2.45. The van der Waals surface area contributed by atoms with E-state index in [9.17, 15) is 19.1 Å². The zero-order chi connectivity index (χ0) is 28.0. The van der Waals surface area contributed by atoms with E-state index in [1.165, 1.54) is 42.1 Å². The third-order valence-electron chi connectivity index (χ3n) is 6.69. The molecule has 4 aromatic rings. The predicted molar refractivity (Wildman–Crippen MR) is 147 cm³/mol. The number of nitrogens with zero attached hydrogens (tertiary/aromatic N) is 3. The Balaban J connectivity index is 1.39. The van der Waals surface area contributed by atoms with Gasteiger partial charge in [0.25, 0.3) is 5.78 Å². The molecular weight excluding hydrogens is 556 g/mol. The second kappa shape index (κ2) is 10.5. The van der Waals surface area contributed by atoms with Gasteiger partial charge in [-0.2, -0.15) is 0 Å². The summed E-state index contributed by atoms with van der Waals surface area (Å²) in [4.78, 5) is 27.9. The van der Waals surface area contributed by atoms with Crippen LogP contribution < -0.4 is 9.64 Å². The Kier molecular flexibility index (Phi) is 6.85. The maximum absolute atomic E-state index is 15.2. The lowest BCUT2D eigenvalue weighted by atomic mass is 9.94. The largest absolute Gasteiger partial charge is 0.507 e. The molecule has 3 heterocycles. The molecule has 1 aromatic heterocycles. The number of hydrogen-bond donors (Lipinski definition) is 1. The summed E-state index contributed by atoms with van der Waals surface area (Å²) in [5, 5.41) is 19.7. The SMILES string of the molecule is C[C@H]1Cc2cc(C(O)=C3C(=O)C(=O)N(c4nnc(SCc5ccc(F)cc5)s4)[C@H]3c3ccccc3F)ccc2O1. The summed E-state index contributed by atoms with van der Waals surface area (Å²) in [7, 11) is 0. The Morgan fingerprint density at radius 3 is 2.65 bits per heavy atom. The van der Waals surface area contributed by atoms with Crippen LogP contribution in [0.25, 0.3) is 5.76 Å². The minimum absolute atomic E-state index is 0.0242. The van der Waals surface area contributed by atoms with Crippen molar-refractivity contribution in [3.05, 3.63) is 106 Å². The maximum Gasteiger partial charge on any atom is 0.301 e. The molecule has 1 N–H and O–H groups in total. The molecule has 0 saturated carbocycles. The zero-order valence-corrected chi connectivity index (χ0v) is 22.6. The molecule has 1 amide bonds. The van der Waals surface area contributed by atoms with Gasteiger partial charge in [0.1, 0.15) is 35.3 Å². The number of Topliss-reactive ketones (excluding diaryl/α,β-unsaturated/α-hetero) is 1. The van der Waals surface area contributed by atoms with Crippen molar-refractivity contribution in [1.82, 2.24) is 10.2 Å². The first-order valence-corrected chi connectivity index (χ1v) is 14.2. The quantitative estimate of drug-likeness (QED) is 0.0980. The van der Waals surface area contributed by atoms with E-state index in [2.05, 4.69) is 10.2 Å². The van der Waals surface area contributed by atoms with Crippen molar-refractivity contribution >= 4 is 45.7 Å². The summed E-state index contributed by atoms with van der Waals surface area (Å²) < 4.78 is 34.6. The van der Waals surface area contributed by atoms with Crippen LogP contribution in [0.5, 0.6) is 5.75 Å². The predicted octanol–water partition coefficient (Wildman–Crippen LogP) is 6.06. The first kappa shape index (κ1) is 26.1. The lowest BCUT2D eigenvalue weighted by molar-refractivity contribution is -0.132. The number of hydrogen-bond acceptors (Lipinski definition) is 8. The smallest absolute Gasteiger partial charge is 0.301 e. The van der Waals surface area contributed by atoms with Gasteiger partial charge in [-0.3, -0.25) is 14.5 Å². The molecule has 0 bridgehead atoms. The highest BCUT2D eigenvalue weighted by Gasteiger charge is 2.49. The third kappa shape index (κ3) is 4.75. The van der Waals surface area contributed by atoms with Gasteiger partial charge in [-0.1, -0.05) is 53.4 Å². The van der Waals surface area contributed by atoms with Gasteiger partial charge in [0, 0.05) is 23.3 Å². The van der Waals surface area contributed by atoms with E-state index < -0.39 is 29.3 Å². The van der Waals surface area contributed by atoms with Crippen LogP contribution in [0.2, 0.25) is 0 Å². The van der Waals surface area contributed by atoms with Gasteiger partial charge in [0.15, 0.2) is 4.34 Å². The second-order valence-corrected chi connectivity index (χ2v) is 11.6. The molecule has 6 rings (SSSR count). The van der Waals surface area contributed by atoms with Crippen LogP contribution in [-0.2, 0) is 21.8 Å². The van der Waals surface area contributed by atoms with Crippen LogP contribution in [-0.4, -0.2) is 33.1 Å². The summed E-state index contributed by atoms with van der Waals surface area (Å²) in [6.45, 7) is 1.93. The second-order valence-electron chi connectivity index (χ2n) is 9.41. The first-order chi connectivity index (χ1) is 19.3. The van der Waals surface area contributed by atoms with Crippen molar-refractivity contribution in [3.63, 3.8) is 0 Å². The molecule has 3 aromatic carbocycles. The number of aliphatic hydroxyl groups excluding tert-OH is 1. The molecule has 202 valence electrons. The number of thioether (sulfide) groups is 1. The molecule has 11 heteroatoms. The normalized spacial score (nSPS) is 19.6. The zero-order valence-electron chi connectivity index (χ0n) is 21.0. The number of aliphatic hydroxyl groups is 1. The van der Waals surface area contributed by atoms with Gasteiger partial charge in [-0.25, -0.2) is 8.78 Å². The van der Waals surface area contributed by atoms with Gasteiger partial charge >= 0.3 is 5.91 Å². The number of carbonyl (C=O) groups excluding carboxylic acids is 2. The molecular formula is C29H21F2N3O4S2. The van der Waals surface area contributed by atoms with Crippen LogP contribution >= 0.6 is 23.1 Å². The molecule has 40 heavy (non-hydrogen) atoms. The van der Waals surface area contributed by atoms with Crippen molar-refractivity contribution in [2.24, 2.45) is 0 Å². The molecule has 2 aliphatic rings. The Labute approximate surface area is 236 Å². The van der Waals surface area contributed by atoms with E-state index >= 15 is 4.39 Å². The summed E-state index contributed by atoms with van der Waals surface area (Å²) in [5.41, 5.74) is 1.85. The lowest BCUT2D eigenvalue weighted by Gasteiger charge is -2.22. The Hall–Kier alpha value is -4.09. The number of rotatable bonds is 6. The average Bonchev–Trinajstić information content (AvgIpc) is 3.63. The monoisotopic (exact) mass is 577 g/mol. The number of ether oxygens (including phenoxy) is 1. The van der Waals surface area contributed by atoms with E-state index in [4.69, 9.17) is 4.74 Å². The molecule has 2 atom stereocenters. The van der Waals surface area contributed by atoms with Crippen LogP contribution in [0.4, 0.5) is 13.9 Å². The summed E-state index contributed by atoms with van der Waals surface area (Å²) in [6.07, 6.45) is 0.605. The molecule has 0 spiro atoms. The van der Waals surface area contributed by atoms with E-state index in [1.54, 1.807) is 36.4 Å². The number of anilines is 1. The van der Waals surface area contributed by atoms with Crippen LogP contribution in [0.15, 0.2) is 76.6 Å². The lowest BCUT2D eigenvalue weighted by Crippen LogP contribution is -2.29. The first-order valence-electron chi connectivity index (χ1n) is 12.4. The number of ketones is 1. The van der Waals surface area contributed by atoms with E-state index in [-0.39, 0.29) is 28.2 Å². The fourth-order valence-electron chi connectivity index (χ4n) is 4.83. The standard InChI is InChI=1S/C29H21F2N3O4S2/c1-15-12-18-13-17(8-11-22(18)38-15)25(35)23-24(20-4-2-3-5-21(20)31)34(27(37)26(23)36)28-32-33-29(40-28)39-14-16-6-9-19(30)10-7-16/h2-11,13,15,24,35H,12,14H2,1H3/t15-,24-/m0/s1. The molecule has 0 radical (unpaired) electrons. The minimum Gasteiger partial charge on any atom is -0.507 e. The molecule has 0 unspecified atom stereocenters. The van der Waals surface area contributed by atoms with Gasteiger partial charge in [-0.15, -0.1) is 10.2 Å². The summed E-state index contributed by atoms with van der Waals surface area (Å²) >= 11 is 2.39. The number of halogens is 2. The Bertz CT molecular complexity index is 1670. The Morgan fingerprint density at radius 1 is 1.10 bits per heavy atom. The highest BCUT2D eigenvalue weighted by atomic mass is 32.2. The third-order valence-corrected chi connectivity index (χ3v) is 8.82.